The van der Waals surface area contributed by atoms with E-state index < -0.39 is 5.54 Å². The summed E-state index contributed by atoms with van der Waals surface area (Å²) in [6.45, 7) is 3.73. The van der Waals surface area contributed by atoms with Gasteiger partial charge in [-0.15, -0.1) is 6.42 Å². The molecule has 0 saturated carbocycles. The van der Waals surface area contributed by atoms with E-state index in [2.05, 4.69) is 20.0 Å². The average molecular weight is 202 g/mol. The van der Waals surface area contributed by atoms with E-state index in [0.29, 0.717) is 11.0 Å². The molecular weight excluding hydrogens is 194 g/mol. The van der Waals surface area contributed by atoms with Crippen molar-refractivity contribution in [2.24, 2.45) is 0 Å². The maximum absolute atomic E-state index is 5.71. The van der Waals surface area contributed by atoms with Gasteiger partial charge in [-0.3, -0.25) is 0 Å². The minimum Gasteiger partial charge on any atom is -0.351 e. The first-order valence-electron chi connectivity index (χ1n) is 3.29. The SMILES string of the molecule is C#CC(C)(C)Nc1nsnc1Cl. The third kappa shape index (κ3) is 2.10. The molecule has 0 atom stereocenters. The lowest BCUT2D eigenvalue weighted by molar-refractivity contribution is 0.738. The van der Waals surface area contributed by atoms with E-state index in [1.54, 1.807) is 0 Å². The summed E-state index contributed by atoms with van der Waals surface area (Å²) in [5.74, 6) is 3.12. The number of aromatic nitrogens is 2. The van der Waals surface area contributed by atoms with Gasteiger partial charge in [-0.05, 0) is 13.8 Å². The molecule has 0 fully saturated rings. The van der Waals surface area contributed by atoms with Crippen LogP contribution in [-0.2, 0) is 0 Å². The number of hydrogen-bond acceptors (Lipinski definition) is 4. The average Bonchev–Trinajstić information content (AvgIpc) is 2.36. The minimum absolute atomic E-state index is 0.364. The van der Waals surface area contributed by atoms with Crippen molar-refractivity contribution in [1.29, 1.82) is 0 Å². The first kappa shape index (κ1) is 9.30. The number of nitrogens with zero attached hydrogens (tertiary/aromatic N) is 2. The van der Waals surface area contributed by atoms with E-state index in [-0.39, 0.29) is 0 Å². The van der Waals surface area contributed by atoms with E-state index in [0.717, 1.165) is 11.7 Å². The van der Waals surface area contributed by atoms with Crippen LogP contribution in [0.3, 0.4) is 0 Å². The smallest absolute Gasteiger partial charge is 0.186 e. The highest BCUT2D eigenvalue weighted by atomic mass is 35.5. The second-order valence-electron chi connectivity index (χ2n) is 2.80. The van der Waals surface area contributed by atoms with Crippen molar-refractivity contribution in [2.45, 2.75) is 19.4 Å². The molecule has 0 bridgehead atoms. The van der Waals surface area contributed by atoms with Gasteiger partial charge < -0.3 is 5.32 Å². The zero-order valence-corrected chi connectivity index (χ0v) is 8.33. The summed E-state index contributed by atoms with van der Waals surface area (Å²) in [5, 5.41) is 3.35. The van der Waals surface area contributed by atoms with Crippen molar-refractivity contribution in [2.75, 3.05) is 5.32 Å². The van der Waals surface area contributed by atoms with Gasteiger partial charge in [0.2, 0.25) is 0 Å². The van der Waals surface area contributed by atoms with Crippen LogP contribution >= 0.6 is 23.3 Å². The summed E-state index contributed by atoms with van der Waals surface area (Å²) >= 11 is 6.76. The molecule has 1 heterocycles. The summed E-state index contributed by atoms with van der Waals surface area (Å²) in [5.41, 5.74) is -0.445. The molecule has 0 aliphatic heterocycles. The Hall–Kier alpha value is -0.790. The number of hydrogen-bond donors (Lipinski definition) is 1. The first-order valence-corrected chi connectivity index (χ1v) is 4.40. The molecule has 12 heavy (non-hydrogen) atoms. The fourth-order valence-electron chi connectivity index (χ4n) is 0.584. The van der Waals surface area contributed by atoms with Gasteiger partial charge in [0.05, 0.1) is 17.3 Å². The Bertz CT molecular complexity index is 313. The summed E-state index contributed by atoms with van der Waals surface area (Å²) in [4.78, 5) is 0. The molecule has 1 N–H and O–H groups in total. The van der Waals surface area contributed by atoms with Crippen molar-refractivity contribution in [3.63, 3.8) is 0 Å². The van der Waals surface area contributed by atoms with Crippen LogP contribution in [0.1, 0.15) is 13.8 Å². The van der Waals surface area contributed by atoms with E-state index >= 15 is 0 Å². The number of halogens is 1. The maximum atomic E-state index is 5.71. The standard InChI is InChI=1S/C7H8ClN3S/c1-4-7(2,3)9-6-5(8)10-12-11-6/h1H,2-3H3,(H,9,11). The summed E-state index contributed by atoms with van der Waals surface area (Å²) in [6.07, 6.45) is 5.27. The molecule has 0 saturated heterocycles. The molecule has 1 aromatic rings. The van der Waals surface area contributed by atoms with Crippen LogP contribution in [0.25, 0.3) is 0 Å². The number of anilines is 1. The largest absolute Gasteiger partial charge is 0.351 e. The van der Waals surface area contributed by atoms with E-state index in [4.69, 9.17) is 18.0 Å². The van der Waals surface area contributed by atoms with Crippen molar-refractivity contribution < 1.29 is 0 Å². The van der Waals surface area contributed by atoms with Gasteiger partial charge in [-0.25, -0.2) is 0 Å². The zero-order chi connectivity index (χ0) is 9.19. The predicted molar refractivity (Wildman–Crippen MR) is 51.5 cm³/mol. The highest BCUT2D eigenvalue weighted by molar-refractivity contribution is 6.99. The second-order valence-corrected chi connectivity index (χ2v) is 3.68. The Labute approximate surface area is 80.5 Å². The first-order chi connectivity index (χ1) is 5.55. The van der Waals surface area contributed by atoms with Gasteiger partial charge in [0, 0.05) is 0 Å². The van der Waals surface area contributed by atoms with Gasteiger partial charge in [0.15, 0.2) is 11.0 Å². The molecule has 0 aromatic carbocycles. The van der Waals surface area contributed by atoms with Crippen molar-refractivity contribution in [1.82, 2.24) is 8.75 Å². The number of rotatable bonds is 2. The molecule has 0 radical (unpaired) electrons. The van der Waals surface area contributed by atoms with Crippen LogP contribution in [-0.4, -0.2) is 14.3 Å². The van der Waals surface area contributed by atoms with Crippen LogP contribution < -0.4 is 5.32 Å². The summed E-state index contributed by atoms with van der Waals surface area (Å²) in [6, 6.07) is 0. The topological polar surface area (TPSA) is 37.8 Å². The van der Waals surface area contributed by atoms with Gasteiger partial charge in [0.1, 0.15) is 0 Å². The Morgan fingerprint density at radius 3 is 2.67 bits per heavy atom. The molecule has 1 rings (SSSR count). The normalized spacial score (nSPS) is 10.8. The van der Waals surface area contributed by atoms with Crippen LogP contribution in [0.5, 0.6) is 0 Å². The number of nitrogens with one attached hydrogen (secondary N) is 1. The Kier molecular flexibility index (Phi) is 2.55. The Morgan fingerprint density at radius 2 is 2.25 bits per heavy atom. The van der Waals surface area contributed by atoms with Gasteiger partial charge in [-0.1, -0.05) is 17.5 Å². The quantitative estimate of drug-likeness (QED) is 0.744. The molecule has 64 valence electrons. The van der Waals surface area contributed by atoms with Crippen LogP contribution in [0, 0.1) is 12.3 Å². The fourth-order valence-corrected chi connectivity index (χ4v) is 1.23. The Balaban J connectivity index is 2.78. The minimum atomic E-state index is -0.445. The molecule has 3 nitrogen and oxygen atoms in total. The van der Waals surface area contributed by atoms with Crippen LogP contribution in [0.2, 0.25) is 5.15 Å². The molecule has 5 heteroatoms. The van der Waals surface area contributed by atoms with Gasteiger partial charge >= 0.3 is 0 Å². The van der Waals surface area contributed by atoms with Crippen molar-refractivity contribution in [3.8, 4) is 12.3 Å². The van der Waals surface area contributed by atoms with Crippen molar-refractivity contribution >= 4 is 29.1 Å². The summed E-state index contributed by atoms with van der Waals surface area (Å²) in [7, 11) is 0. The lowest BCUT2D eigenvalue weighted by atomic mass is 10.1. The monoisotopic (exact) mass is 201 g/mol. The lowest BCUT2D eigenvalue weighted by Gasteiger charge is -2.18. The van der Waals surface area contributed by atoms with Crippen LogP contribution in [0.15, 0.2) is 0 Å². The van der Waals surface area contributed by atoms with Gasteiger partial charge in [0.25, 0.3) is 0 Å². The van der Waals surface area contributed by atoms with E-state index in [1.165, 1.54) is 0 Å². The molecule has 0 aliphatic rings. The number of terminal acetylenes is 1. The third-order valence-electron chi connectivity index (χ3n) is 1.24. The second kappa shape index (κ2) is 3.30. The maximum Gasteiger partial charge on any atom is 0.186 e. The fraction of sp³-hybridized carbons (Fsp3) is 0.429. The highest BCUT2D eigenvalue weighted by Crippen LogP contribution is 2.21. The molecule has 1 aromatic heterocycles. The molecular formula is C7H8ClN3S. The zero-order valence-electron chi connectivity index (χ0n) is 6.76. The van der Waals surface area contributed by atoms with Gasteiger partial charge in [-0.2, -0.15) is 8.75 Å². The molecule has 0 unspecified atom stereocenters. The third-order valence-corrected chi connectivity index (χ3v) is 2.13. The van der Waals surface area contributed by atoms with Crippen LogP contribution in [0.4, 0.5) is 5.82 Å². The van der Waals surface area contributed by atoms with E-state index in [9.17, 15) is 0 Å². The molecule has 0 spiro atoms. The Morgan fingerprint density at radius 1 is 1.58 bits per heavy atom. The van der Waals surface area contributed by atoms with E-state index in [1.807, 2.05) is 13.8 Å². The molecule has 0 amide bonds. The van der Waals surface area contributed by atoms with Crippen molar-refractivity contribution in [3.05, 3.63) is 5.15 Å². The summed E-state index contributed by atoms with van der Waals surface area (Å²) < 4.78 is 7.74. The predicted octanol–water partition coefficient (Wildman–Crippen LogP) is 2.02. The lowest BCUT2D eigenvalue weighted by Crippen LogP contribution is -2.28. The highest BCUT2D eigenvalue weighted by Gasteiger charge is 2.16. The molecule has 0 aliphatic carbocycles.